The number of anilines is 2. The van der Waals surface area contributed by atoms with Crippen molar-refractivity contribution < 1.29 is 23.3 Å². The second-order valence-electron chi connectivity index (χ2n) is 5.93. The Hall–Kier alpha value is -3.72. The van der Waals surface area contributed by atoms with E-state index in [0.717, 1.165) is 12.1 Å². The number of nitro groups is 1. The Labute approximate surface area is 168 Å². The number of amides is 2. The van der Waals surface area contributed by atoms with Gasteiger partial charge in [0.1, 0.15) is 5.82 Å². The number of nitro benzene ring substituents is 1. The lowest BCUT2D eigenvalue weighted by Crippen LogP contribution is -2.17. The summed E-state index contributed by atoms with van der Waals surface area (Å²) in [5, 5.41) is 16.4. The molecule has 3 aromatic rings. The van der Waals surface area contributed by atoms with Crippen molar-refractivity contribution in [3.8, 4) is 0 Å². The van der Waals surface area contributed by atoms with Gasteiger partial charge < -0.3 is 15.1 Å². The molecular formula is C19H13ClFN3O5. The number of hydrogen-bond donors (Lipinski definition) is 2. The van der Waals surface area contributed by atoms with Crippen molar-refractivity contribution >= 4 is 40.5 Å². The lowest BCUT2D eigenvalue weighted by molar-refractivity contribution is -0.385. The maximum atomic E-state index is 14.0. The first-order valence-electron chi connectivity index (χ1n) is 8.16. The van der Waals surface area contributed by atoms with Crippen LogP contribution in [0.15, 0.2) is 53.1 Å². The molecule has 3 rings (SSSR count). The van der Waals surface area contributed by atoms with Crippen LogP contribution in [0.3, 0.4) is 0 Å². The summed E-state index contributed by atoms with van der Waals surface area (Å²) >= 11 is 5.96. The zero-order chi connectivity index (χ0) is 21.1. The average Bonchev–Trinajstić information content (AvgIpc) is 3.20. The normalized spacial score (nSPS) is 10.4. The molecule has 0 aliphatic heterocycles. The van der Waals surface area contributed by atoms with E-state index in [4.69, 9.17) is 16.0 Å². The van der Waals surface area contributed by atoms with E-state index in [9.17, 15) is 24.1 Å². The van der Waals surface area contributed by atoms with Crippen LogP contribution in [0.1, 0.15) is 26.5 Å². The predicted octanol–water partition coefficient (Wildman–Crippen LogP) is 4.79. The number of benzene rings is 2. The Morgan fingerprint density at radius 1 is 1.10 bits per heavy atom. The highest BCUT2D eigenvalue weighted by atomic mass is 35.5. The molecule has 0 fully saturated rings. The summed E-state index contributed by atoms with van der Waals surface area (Å²) in [4.78, 5) is 35.0. The van der Waals surface area contributed by atoms with E-state index in [0.29, 0.717) is 0 Å². The first kappa shape index (κ1) is 20.0. The van der Waals surface area contributed by atoms with Gasteiger partial charge in [-0.2, -0.15) is 0 Å². The third kappa shape index (κ3) is 4.41. The molecule has 10 heteroatoms. The van der Waals surface area contributed by atoms with Crippen LogP contribution in [-0.4, -0.2) is 16.7 Å². The second-order valence-corrected chi connectivity index (χ2v) is 6.37. The molecule has 0 unspecified atom stereocenters. The van der Waals surface area contributed by atoms with Gasteiger partial charge in [0, 0.05) is 16.7 Å². The van der Waals surface area contributed by atoms with Crippen LogP contribution >= 0.6 is 11.6 Å². The van der Waals surface area contributed by atoms with Gasteiger partial charge in [0.2, 0.25) is 0 Å². The highest BCUT2D eigenvalue weighted by Gasteiger charge is 2.20. The highest BCUT2D eigenvalue weighted by molar-refractivity contribution is 6.31. The molecule has 1 heterocycles. The summed E-state index contributed by atoms with van der Waals surface area (Å²) in [7, 11) is 0. The van der Waals surface area contributed by atoms with Gasteiger partial charge in [0.05, 0.1) is 28.1 Å². The first-order chi connectivity index (χ1) is 13.8. The SMILES string of the molecule is Cc1c(F)cc(C(=O)Nc2ccc(Cl)cc2NC(=O)c2ccco2)cc1[N+](=O)[O-]. The van der Waals surface area contributed by atoms with Crippen LogP contribution in [0.5, 0.6) is 0 Å². The van der Waals surface area contributed by atoms with Crippen LogP contribution in [0.2, 0.25) is 5.02 Å². The van der Waals surface area contributed by atoms with E-state index >= 15 is 0 Å². The van der Waals surface area contributed by atoms with E-state index in [-0.39, 0.29) is 33.3 Å². The van der Waals surface area contributed by atoms with E-state index in [1.54, 1.807) is 0 Å². The number of nitrogens with one attached hydrogen (secondary N) is 2. The number of rotatable bonds is 5. The molecule has 0 aliphatic rings. The van der Waals surface area contributed by atoms with Crippen molar-refractivity contribution in [1.29, 1.82) is 0 Å². The third-order valence-corrected chi connectivity index (χ3v) is 4.23. The Bertz CT molecular complexity index is 1120. The van der Waals surface area contributed by atoms with Gasteiger partial charge in [-0.3, -0.25) is 19.7 Å². The number of nitrogens with zero attached hydrogens (tertiary/aromatic N) is 1. The number of hydrogen-bond acceptors (Lipinski definition) is 5. The fourth-order valence-corrected chi connectivity index (χ4v) is 2.67. The molecule has 8 nitrogen and oxygen atoms in total. The maximum Gasteiger partial charge on any atom is 0.291 e. The number of furan rings is 1. The molecule has 148 valence electrons. The summed E-state index contributed by atoms with van der Waals surface area (Å²) < 4.78 is 19.0. The molecule has 0 bridgehead atoms. The number of carbonyl (C=O) groups is 2. The molecule has 2 amide bonds. The van der Waals surface area contributed by atoms with Crippen molar-refractivity contribution in [2.45, 2.75) is 6.92 Å². The van der Waals surface area contributed by atoms with Crippen LogP contribution < -0.4 is 10.6 Å². The van der Waals surface area contributed by atoms with Crippen LogP contribution in [0.25, 0.3) is 0 Å². The molecule has 0 radical (unpaired) electrons. The Morgan fingerprint density at radius 3 is 2.48 bits per heavy atom. The quantitative estimate of drug-likeness (QED) is 0.457. The highest BCUT2D eigenvalue weighted by Crippen LogP contribution is 2.28. The minimum Gasteiger partial charge on any atom is -0.459 e. The van der Waals surface area contributed by atoms with Gasteiger partial charge >= 0.3 is 0 Å². The standard InChI is InChI=1S/C19H13ClFN3O5/c1-10-13(21)7-11(8-16(10)24(27)28)18(25)22-14-5-4-12(20)9-15(14)23-19(26)17-3-2-6-29-17/h2-9H,1H3,(H,22,25)(H,23,26). The smallest absolute Gasteiger partial charge is 0.291 e. The number of carbonyl (C=O) groups excluding carboxylic acids is 2. The lowest BCUT2D eigenvalue weighted by atomic mass is 10.1. The van der Waals surface area contributed by atoms with E-state index < -0.39 is 28.2 Å². The molecule has 0 aliphatic carbocycles. The fraction of sp³-hybridized carbons (Fsp3) is 0.0526. The van der Waals surface area contributed by atoms with Crippen molar-refractivity contribution in [1.82, 2.24) is 0 Å². The van der Waals surface area contributed by atoms with Crippen LogP contribution in [-0.2, 0) is 0 Å². The van der Waals surface area contributed by atoms with E-state index in [1.807, 2.05) is 0 Å². The largest absolute Gasteiger partial charge is 0.459 e. The van der Waals surface area contributed by atoms with E-state index in [2.05, 4.69) is 10.6 Å². The topological polar surface area (TPSA) is 114 Å². The molecule has 0 atom stereocenters. The molecule has 0 saturated carbocycles. The average molecular weight is 418 g/mol. The van der Waals surface area contributed by atoms with Crippen LogP contribution in [0, 0.1) is 22.9 Å². The molecule has 2 N–H and O–H groups in total. The van der Waals surface area contributed by atoms with Gasteiger partial charge in [-0.15, -0.1) is 0 Å². The summed E-state index contributed by atoms with van der Waals surface area (Å²) in [6.45, 7) is 1.25. The minimum atomic E-state index is -0.883. The fourth-order valence-electron chi connectivity index (χ4n) is 2.50. The zero-order valence-electron chi connectivity index (χ0n) is 14.9. The third-order valence-electron chi connectivity index (χ3n) is 4.00. The van der Waals surface area contributed by atoms with Crippen molar-refractivity contribution in [3.63, 3.8) is 0 Å². The Morgan fingerprint density at radius 2 is 1.83 bits per heavy atom. The van der Waals surface area contributed by atoms with Gasteiger partial charge in [0.25, 0.3) is 17.5 Å². The number of halogens is 2. The molecule has 0 saturated heterocycles. The van der Waals surface area contributed by atoms with Crippen molar-refractivity contribution in [3.05, 3.63) is 86.6 Å². The second kappa shape index (κ2) is 8.11. The van der Waals surface area contributed by atoms with Gasteiger partial charge in [-0.25, -0.2) is 4.39 Å². The zero-order valence-corrected chi connectivity index (χ0v) is 15.6. The van der Waals surface area contributed by atoms with Gasteiger partial charge in [-0.05, 0) is 43.3 Å². The summed E-state index contributed by atoms with van der Waals surface area (Å²) in [5.74, 6) is -2.22. The molecule has 0 spiro atoms. The minimum absolute atomic E-state index is 0.0403. The summed E-state index contributed by atoms with van der Waals surface area (Å²) in [6, 6.07) is 9.16. The summed E-state index contributed by atoms with van der Waals surface area (Å²) in [5.41, 5.74) is -0.627. The molecule has 2 aromatic carbocycles. The molecule has 1 aromatic heterocycles. The monoisotopic (exact) mass is 417 g/mol. The van der Waals surface area contributed by atoms with Gasteiger partial charge in [0.15, 0.2) is 5.76 Å². The van der Waals surface area contributed by atoms with Gasteiger partial charge in [-0.1, -0.05) is 11.6 Å². The Kier molecular flexibility index (Phi) is 5.60. The first-order valence-corrected chi connectivity index (χ1v) is 8.54. The lowest BCUT2D eigenvalue weighted by Gasteiger charge is -2.13. The van der Waals surface area contributed by atoms with Crippen molar-refractivity contribution in [2.24, 2.45) is 0 Å². The molecule has 29 heavy (non-hydrogen) atoms. The Balaban J connectivity index is 1.89. The predicted molar refractivity (Wildman–Crippen MR) is 104 cm³/mol. The van der Waals surface area contributed by atoms with Crippen molar-refractivity contribution in [2.75, 3.05) is 10.6 Å². The maximum absolute atomic E-state index is 14.0. The van der Waals surface area contributed by atoms with E-state index in [1.165, 1.54) is 43.5 Å². The summed E-state index contributed by atoms with van der Waals surface area (Å²) in [6.07, 6.45) is 1.33. The molecular weight excluding hydrogens is 405 g/mol. The van der Waals surface area contributed by atoms with Crippen LogP contribution in [0.4, 0.5) is 21.5 Å².